The molecule has 0 saturated carbocycles. The number of nitrogens with zero attached hydrogens (tertiary/aromatic N) is 4. The molecule has 0 aliphatic carbocycles. The molecular formula is C17H17N5O. The molecule has 1 amide bonds. The van der Waals surface area contributed by atoms with Gasteiger partial charge in [-0.3, -0.25) is 9.78 Å². The van der Waals surface area contributed by atoms with Crippen LogP contribution in [-0.4, -0.2) is 25.7 Å². The van der Waals surface area contributed by atoms with Crippen LogP contribution in [0.4, 0.5) is 0 Å². The predicted octanol–water partition coefficient (Wildman–Crippen LogP) is 2.46. The van der Waals surface area contributed by atoms with E-state index in [-0.39, 0.29) is 11.9 Å². The van der Waals surface area contributed by atoms with E-state index in [0.717, 1.165) is 16.9 Å². The molecule has 6 heteroatoms. The van der Waals surface area contributed by atoms with E-state index in [9.17, 15) is 4.79 Å². The fourth-order valence-corrected chi connectivity index (χ4v) is 2.22. The lowest BCUT2D eigenvalue weighted by Gasteiger charge is -2.15. The number of amides is 1. The average molecular weight is 307 g/mol. The zero-order valence-corrected chi connectivity index (χ0v) is 13.0. The molecule has 0 spiro atoms. The van der Waals surface area contributed by atoms with Gasteiger partial charge in [0.05, 0.1) is 17.3 Å². The van der Waals surface area contributed by atoms with E-state index in [2.05, 4.69) is 20.4 Å². The molecule has 0 aliphatic rings. The lowest BCUT2D eigenvalue weighted by Crippen LogP contribution is -2.26. The van der Waals surface area contributed by atoms with Crippen LogP contribution in [-0.2, 0) is 0 Å². The Kier molecular flexibility index (Phi) is 4.14. The van der Waals surface area contributed by atoms with Crippen LogP contribution in [0.1, 0.15) is 34.6 Å². The SMILES string of the molecule is Cc1ccc(C(=O)NC(C)c2ccc(-n3cncn3)cc2)cn1. The van der Waals surface area contributed by atoms with Crippen LogP contribution in [0.3, 0.4) is 0 Å². The molecule has 1 unspecified atom stereocenters. The van der Waals surface area contributed by atoms with Gasteiger partial charge in [-0.2, -0.15) is 5.10 Å². The number of rotatable bonds is 4. The number of aromatic nitrogens is 4. The predicted molar refractivity (Wildman–Crippen MR) is 86.2 cm³/mol. The first-order valence-electron chi connectivity index (χ1n) is 7.32. The number of pyridine rings is 1. The van der Waals surface area contributed by atoms with Crippen molar-refractivity contribution < 1.29 is 4.79 Å². The number of benzene rings is 1. The summed E-state index contributed by atoms with van der Waals surface area (Å²) in [5, 5.41) is 7.06. The Bertz CT molecular complexity index is 779. The highest BCUT2D eigenvalue weighted by Crippen LogP contribution is 2.15. The highest BCUT2D eigenvalue weighted by Gasteiger charge is 2.12. The van der Waals surface area contributed by atoms with Crippen LogP contribution in [0, 0.1) is 6.92 Å². The van der Waals surface area contributed by atoms with E-state index < -0.39 is 0 Å². The molecule has 3 aromatic rings. The summed E-state index contributed by atoms with van der Waals surface area (Å²) in [6, 6.07) is 11.3. The van der Waals surface area contributed by atoms with E-state index >= 15 is 0 Å². The van der Waals surface area contributed by atoms with Gasteiger partial charge < -0.3 is 5.32 Å². The minimum Gasteiger partial charge on any atom is -0.345 e. The maximum Gasteiger partial charge on any atom is 0.253 e. The maximum absolute atomic E-state index is 12.2. The van der Waals surface area contributed by atoms with E-state index in [1.807, 2.05) is 44.2 Å². The van der Waals surface area contributed by atoms with Crippen LogP contribution in [0.25, 0.3) is 5.69 Å². The van der Waals surface area contributed by atoms with Crippen molar-refractivity contribution >= 4 is 5.91 Å². The van der Waals surface area contributed by atoms with Gasteiger partial charge in [-0.05, 0) is 43.7 Å². The molecule has 6 nitrogen and oxygen atoms in total. The van der Waals surface area contributed by atoms with Crippen molar-refractivity contribution in [1.29, 1.82) is 0 Å². The fourth-order valence-electron chi connectivity index (χ4n) is 2.22. The first-order valence-corrected chi connectivity index (χ1v) is 7.32. The van der Waals surface area contributed by atoms with E-state index in [0.29, 0.717) is 5.56 Å². The molecule has 116 valence electrons. The van der Waals surface area contributed by atoms with Crippen molar-refractivity contribution in [1.82, 2.24) is 25.1 Å². The number of hydrogen-bond acceptors (Lipinski definition) is 4. The topological polar surface area (TPSA) is 72.7 Å². The molecule has 23 heavy (non-hydrogen) atoms. The number of nitrogens with one attached hydrogen (secondary N) is 1. The summed E-state index contributed by atoms with van der Waals surface area (Å²) in [5.41, 5.74) is 3.38. The highest BCUT2D eigenvalue weighted by molar-refractivity contribution is 5.94. The van der Waals surface area contributed by atoms with Gasteiger partial charge in [0.1, 0.15) is 12.7 Å². The molecule has 0 radical (unpaired) electrons. The van der Waals surface area contributed by atoms with Gasteiger partial charge in [0.25, 0.3) is 5.91 Å². The molecule has 2 heterocycles. The summed E-state index contributed by atoms with van der Waals surface area (Å²) in [7, 11) is 0. The van der Waals surface area contributed by atoms with Gasteiger partial charge in [0, 0.05) is 11.9 Å². The zero-order valence-electron chi connectivity index (χ0n) is 13.0. The zero-order chi connectivity index (χ0) is 16.2. The maximum atomic E-state index is 12.2. The summed E-state index contributed by atoms with van der Waals surface area (Å²) in [6.45, 7) is 3.84. The van der Waals surface area contributed by atoms with Crippen LogP contribution in [0.5, 0.6) is 0 Å². The fraction of sp³-hybridized carbons (Fsp3) is 0.176. The summed E-state index contributed by atoms with van der Waals surface area (Å²) < 4.78 is 1.69. The van der Waals surface area contributed by atoms with Crippen LogP contribution >= 0.6 is 0 Å². The lowest BCUT2D eigenvalue weighted by molar-refractivity contribution is 0.0939. The van der Waals surface area contributed by atoms with Crippen molar-refractivity contribution in [2.45, 2.75) is 19.9 Å². The lowest BCUT2D eigenvalue weighted by atomic mass is 10.1. The number of hydrogen-bond donors (Lipinski definition) is 1. The molecule has 0 fully saturated rings. The normalized spacial score (nSPS) is 11.9. The number of carbonyl (C=O) groups is 1. The first-order chi connectivity index (χ1) is 11.1. The molecule has 0 aliphatic heterocycles. The quantitative estimate of drug-likeness (QED) is 0.803. The molecular weight excluding hydrogens is 290 g/mol. The third-order valence-electron chi connectivity index (χ3n) is 3.60. The van der Waals surface area contributed by atoms with Gasteiger partial charge in [0.15, 0.2) is 0 Å². The Hall–Kier alpha value is -3.02. The molecule has 0 bridgehead atoms. The van der Waals surface area contributed by atoms with Crippen molar-refractivity contribution in [2.24, 2.45) is 0 Å². The van der Waals surface area contributed by atoms with E-state index in [4.69, 9.17) is 0 Å². The van der Waals surface area contributed by atoms with Gasteiger partial charge >= 0.3 is 0 Å². The molecule has 1 atom stereocenters. The first kappa shape index (κ1) is 14.9. The second-order valence-electron chi connectivity index (χ2n) is 5.31. The van der Waals surface area contributed by atoms with Gasteiger partial charge in [-0.25, -0.2) is 9.67 Å². The Balaban J connectivity index is 1.69. The highest BCUT2D eigenvalue weighted by atomic mass is 16.1. The van der Waals surface area contributed by atoms with E-state index in [1.165, 1.54) is 6.33 Å². The standard InChI is InChI=1S/C17H17N5O/c1-12-3-4-15(9-19-12)17(23)21-13(2)14-5-7-16(8-6-14)22-11-18-10-20-22/h3-11,13H,1-2H3,(H,21,23). The van der Waals surface area contributed by atoms with Crippen LogP contribution < -0.4 is 5.32 Å². The molecule has 0 saturated heterocycles. The van der Waals surface area contributed by atoms with Gasteiger partial charge in [0.2, 0.25) is 0 Å². The van der Waals surface area contributed by atoms with Crippen molar-refractivity contribution in [3.63, 3.8) is 0 Å². The molecule has 2 aromatic heterocycles. The summed E-state index contributed by atoms with van der Waals surface area (Å²) in [6.07, 6.45) is 4.72. The summed E-state index contributed by atoms with van der Waals surface area (Å²) in [5.74, 6) is -0.134. The van der Waals surface area contributed by atoms with Crippen LogP contribution in [0.2, 0.25) is 0 Å². The Morgan fingerprint density at radius 3 is 2.57 bits per heavy atom. The van der Waals surface area contributed by atoms with Crippen molar-refractivity contribution in [3.05, 3.63) is 72.1 Å². The van der Waals surface area contributed by atoms with Gasteiger partial charge in [-0.15, -0.1) is 0 Å². The average Bonchev–Trinajstić information content (AvgIpc) is 3.10. The van der Waals surface area contributed by atoms with Crippen molar-refractivity contribution in [2.75, 3.05) is 0 Å². The largest absolute Gasteiger partial charge is 0.345 e. The summed E-state index contributed by atoms with van der Waals surface area (Å²) >= 11 is 0. The second kappa shape index (κ2) is 6.39. The Morgan fingerprint density at radius 1 is 1.17 bits per heavy atom. The summed E-state index contributed by atoms with van der Waals surface area (Å²) in [4.78, 5) is 20.3. The Morgan fingerprint density at radius 2 is 1.96 bits per heavy atom. The second-order valence-corrected chi connectivity index (χ2v) is 5.31. The number of aryl methyl sites for hydroxylation is 1. The number of carbonyl (C=O) groups excluding carboxylic acids is 1. The monoisotopic (exact) mass is 307 g/mol. The van der Waals surface area contributed by atoms with Gasteiger partial charge in [-0.1, -0.05) is 12.1 Å². The van der Waals surface area contributed by atoms with Crippen molar-refractivity contribution in [3.8, 4) is 5.69 Å². The van der Waals surface area contributed by atoms with Crippen LogP contribution in [0.15, 0.2) is 55.2 Å². The van der Waals surface area contributed by atoms with E-state index in [1.54, 1.807) is 23.3 Å². The molecule has 3 rings (SSSR count). The smallest absolute Gasteiger partial charge is 0.253 e. The Labute approximate surface area is 134 Å². The third kappa shape index (κ3) is 3.42. The minimum atomic E-state index is -0.134. The third-order valence-corrected chi connectivity index (χ3v) is 3.60. The molecule has 1 N–H and O–H groups in total. The molecule has 1 aromatic carbocycles. The minimum absolute atomic E-state index is 0.103.